The number of cyclic esters (lactones) is 1. The monoisotopic (exact) mass is 527 g/mol. The Morgan fingerprint density at radius 2 is 1.81 bits per heavy atom. The van der Waals surface area contributed by atoms with Crippen molar-refractivity contribution in [1.29, 1.82) is 0 Å². The number of aliphatic hydroxyl groups excluding tert-OH is 1. The molecule has 0 saturated carbocycles. The Morgan fingerprint density at radius 1 is 1.11 bits per heavy atom. The van der Waals surface area contributed by atoms with Crippen molar-refractivity contribution in [3.05, 3.63) is 63.6 Å². The molecule has 2 heterocycles. The van der Waals surface area contributed by atoms with Gasteiger partial charge in [0, 0.05) is 29.7 Å². The van der Waals surface area contributed by atoms with Crippen LogP contribution in [-0.2, 0) is 20.7 Å². The smallest absolute Gasteiger partial charge is 0.329 e. The Morgan fingerprint density at radius 3 is 2.46 bits per heavy atom. The molecule has 1 aromatic carbocycles. The van der Waals surface area contributed by atoms with Crippen LogP contribution >= 0.6 is 11.3 Å². The third kappa shape index (κ3) is 7.72. The molecule has 1 aliphatic heterocycles. The average Bonchev–Trinajstić information content (AvgIpc) is 3.35. The van der Waals surface area contributed by atoms with Gasteiger partial charge < -0.3 is 20.5 Å². The lowest BCUT2D eigenvalue weighted by atomic mass is 9.95. The molecule has 0 unspecified atom stereocenters. The van der Waals surface area contributed by atoms with Gasteiger partial charge in [0.25, 0.3) is 5.91 Å². The molecule has 0 radical (unpaired) electrons. The molecule has 200 valence electrons. The molecular weight excluding hydrogens is 490 g/mol. The van der Waals surface area contributed by atoms with E-state index in [1.807, 2.05) is 58.0 Å². The zero-order valence-corrected chi connectivity index (χ0v) is 22.9. The van der Waals surface area contributed by atoms with Gasteiger partial charge in [-0.3, -0.25) is 9.59 Å². The fourth-order valence-corrected chi connectivity index (χ4v) is 5.21. The highest BCUT2D eigenvalue weighted by molar-refractivity contribution is 7.09. The highest BCUT2D eigenvalue weighted by Gasteiger charge is 2.31. The highest BCUT2D eigenvalue weighted by atomic mass is 32.1. The van der Waals surface area contributed by atoms with E-state index in [9.17, 15) is 19.5 Å². The van der Waals surface area contributed by atoms with Crippen LogP contribution in [0, 0.1) is 11.8 Å². The Kier molecular flexibility index (Phi) is 10.00. The lowest BCUT2D eigenvalue weighted by molar-refractivity contribution is -0.154. The SMILES string of the molecule is CC[C@H](O)C[C@H]1OC(=O)[C@@H](Cc2ccccc2)NC(=O)c2csc(n2)[C@H](C(C)C)NC(=O)/C(C)=C\[C@H]1C. The summed E-state index contributed by atoms with van der Waals surface area (Å²) < 4.78 is 5.92. The number of esters is 1. The van der Waals surface area contributed by atoms with E-state index in [1.54, 1.807) is 18.4 Å². The van der Waals surface area contributed by atoms with E-state index in [0.29, 0.717) is 17.0 Å². The lowest BCUT2D eigenvalue weighted by Crippen LogP contribution is -2.45. The molecule has 1 aliphatic rings. The average molecular weight is 528 g/mol. The number of aromatic nitrogens is 1. The van der Waals surface area contributed by atoms with E-state index in [2.05, 4.69) is 15.6 Å². The summed E-state index contributed by atoms with van der Waals surface area (Å²) in [5.41, 5.74) is 1.52. The largest absolute Gasteiger partial charge is 0.460 e. The summed E-state index contributed by atoms with van der Waals surface area (Å²) in [6, 6.07) is 8.05. The zero-order chi connectivity index (χ0) is 27.1. The van der Waals surface area contributed by atoms with Gasteiger partial charge in [-0.25, -0.2) is 9.78 Å². The Labute approximate surface area is 222 Å². The lowest BCUT2D eigenvalue weighted by Gasteiger charge is -2.27. The van der Waals surface area contributed by atoms with Crippen LogP contribution in [0.1, 0.15) is 74.6 Å². The first-order valence-electron chi connectivity index (χ1n) is 12.8. The van der Waals surface area contributed by atoms with E-state index in [4.69, 9.17) is 4.74 Å². The Hall–Kier alpha value is -3.04. The summed E-state index contributed by atoms with van der Waals surface area (Å²) in [7, 11) is 0. The molecule has 1 aromatic heterocycles. The highest BCUT2D eigenvalue weighted by Crippen LogP contribution is 2.27. The molecule has 37 heavy (non-hydrogen) atoms. The number of nitrogens with zero attached hydrogens (tertiary/aromatic N) is 1. The van der Waals surface area contributed by atoms with Crippen molar-refractivity contribution in [3.8, 4) is 0 Å². The standard InChI is InChI=1S/C28H37N3O5S/c1-6-20(32)14-23-17(4)12-18(5)25(33)31-24(16(2)3)27-30-22(15-37-27)26(34)29-21(28(35)36-23)13-19-10-8-7-9-11-19/h7-12,15-17,20-21,23-24,32H,6,13-14H2,1-5H3,(H,29,34)(H,31,33)/b18-12-/t17-,20+,21-,23-,24+/m1/s1. The van der Waals surface area contributed by atoms with Gasteiger partial charge in [-0.1, -0.05) is 64.1 Å². The fourth-order valence-electron chi connectivity index (χ4n) is 4.19. The zero-order valence-electron chi connectivity index (χ0n) is 22.1. The molecule has 3 rings (SSSR count). The number of hydrogen-bond acceptors (Lipinski definition) is 7. The van der Waals surface area contributed by atoms with Gasteiger partial charge in [-0.05, 0) is 24.8 Å². The van der Waals surface area contributed by atoms with Crippen LogP contribution in [0.2, 0.25) is 0 Å². The molecule has 8 nitrogen and oxygen atoms in total. The number of hydrogen-bond donors (Lipinski definition) is 3. The van der Waals surface area contributed by atoms with Crippen molar-refractivity contribution in [2.75, 3.05) is 0 Å². The van der Waals surface area contributed by atoms with Crippen molar-refractivity contribution in [2.24, 2.45) is 11.8 Å². The molecular formula is C28H37N3O5S. The van der Waals surface area contributed by atoms with Crippen LogP contribution in [-0.4, -0.2) is 46.1 Å². The van der Waals surface area contributed by atoms with Crippen molar-refractivity contribution < 1.29 is 24.2 Å². The maximum Gasteiger partial charge on any atom is 0.329 e. The number of thiazole rings is 1. The fraction of sp³-hybridized carbons (Fsp3) is 0.500. The molecule has 2 amide bonds. The maximum atomic E-state index is 13.4. The molecule has 0 fully saturated rings. The van der Waals surface area contributed by atoms with Gasteiger partial charge in [0.2, 0.25) is 5.91 Å². The van der Waals surface area contributed by atoms with Gasteiger partial charge in [0.15, 0.2) is 0 Å². The Bertz CT molecular complexity index is 1110. The number of nitrogens with one attached hydrogen (secondary N) is 2. The molecule has 5 atom stereocenters. The topological polar surface area (TPSA) is 118 Å². The number of rotatable bonds is 6. The van der Waals surface area contributed by atoms with Crippen molar-refractivity contribution >= 4 is 29.1 Å². The number of fused-ring (bicyclic) bond motifs is 2. The van der Waals surface area contributed by atoms with Gasteiger partial charge in [0.05, 0.1) is 12.1 Å². The van der Waals surface area contributed by atoms with Crippen LogP contribution in [0.3, 0.4) is 0 Å². The number of carbonyl (C=O) groups is 3. The van der Waals surface area contributed by atoms with E-state index < -0.39 is 30.1 Å². The van der Waals surface area contributed by atoms with Crippen molar-refractivity contribution in [1.82, 2.24) is 15.6 Å². The van der Waals surface area contributed by atoms with Crippen molar-refractivity contribution in [3.63, 3.8) is 0 Å². The third-order valence-electron chi connectivity index (χ3n) is 6.55. The van der Waals surface area contributed by atoms with E-state index in [0.717, 1.165) is 5.56 Å². The predicted octanol–water partition coefficient (Wildman–Crippen LogP) is 3.97. The quantitative estimate of drug-likeness (QED) is 0.490. The molecule has 9 heteroatoms. The second-order valence-corrected chi connectivity index (χ2v) is 10.9. The van der Waals surface area contributed by atoms with E-state index in [-0.39, 0.29) is 42.3 Å². The van der Waals surface area contributed by atoms with Gasteiger partial charge in [-0.2, -0.15) is 0 Å². The van der Waals surface area contributed by atoms with Crippen LogP contribution in [0.4, 0.5) is 0 Å². The second-order valence-electron chi connectivity index (χ2n) is 9.96. The summed E-state index contributed by atoms with van der Waals surface area (Å²) in [6.45, 7) is 9.38. The molecule has 3 N–H and O–H groups in total. The third-order valence-corrected chi connectivity index (χ3v) is 7.47. The normalized spacial score (nSPS) is 25.7. The molecule has 0 saturated heterocycles. The van der Waals surface area contributed by atoms with Crippen LogP contribution < -0.4 is 10.6 Å². The number of amides is 2. The molecule has 2 bridgehead atoms. The predicted molar refractivity (Wildman–Crippen MR) is 143 cm³/mol. The first kappa shape index (κ1) is 28.5. The number of aliphatic hydroxyl groups is 1. The van der Waals surface area contributed by atoms with E-state index in [1.165, 1.54) is 11.3 Å². The second kappa shape index (κ2) is 13.0. The van der Waals surface area contributed by atoms with E-state index >= 15 is 0 Å². The maximum absolute atomic E-state index is 13.4. The summed E-state index contributed by atoms with van der Waals surface area (Å²) in [6.07, 6.45) is 1.36. The Balaban J connectivity index is 2.03. The molecule has 2 aromatic rings. The van der Waals surface area contributed by atoms with Crippen LogP contribution in [0.15, 0.2) is 47.4 Å². The minimum absolute atomic E-state index is 0.0371. The summed E-state index contributed by atoms with van der Waals surface area (Å²) >= 11 is 1.29. The first-order chi connectivity index (χ1) is 17.6. The number of benzene rings is 1. The minimum atomic E-state index is -0.954. The van der Waals surface area contributed by atoms with Crippen molar-refractivity contribution in [2.45, 2.75) is 78.2 Å². The number of ether oxygens (including phenoxy) is 1. The summed E-state index contributed by atoms with van der Waals surface area (Å²) in [4.78, 5) is 44.2. The molecule has 0 aliphatic carbocycles. The molecule has 0 spiro atoms. The van der Waals surface area contributed by atoms with Gasteiger partial charge >= 0.3 is 5.97 Å². The van der Waals surface area contributed by atoms with Crippen LogP contribution in [0.25, 0.3) is 0 Å². The first-order valence-corrected chi connectivity index (χ1v) is 13.6. The minimum Gasteiger partial charge on any atom is -0.460 e. The summed E-state index contributed by atoms with van der Waals surface area (Å²) in [5.74, 6) is -1.66. The number of carbonyl (C=O) groups excluding carboxylic acids is 3. The van der Waals surface area contributed by atoms with Crippen LogP contribution in [0.5, 0.6) is 0 Å². The summed E-state index contributed by atoms with van der Waals surface area (Å²) in [5, 5.41) is 18.5. The van der Waals surface area contributed by atoms with Gasteiger partial charge in [-0.15, -0.1) is 11.3 Å². The van der Waals surface area contributed by atoms with Gasteiger partial charge in [0.1, 0.15) is 22.8 Å².